The molecule has 3 N–H and O–H groups in total. The van der Waals surface area contributed by atoms with Crippen LogP contribution in [0.4, 0.5) is 0 Å². The molecule has 0 radical (unpaired) electrons. The summed E-state index contributed by atoms with van der Waals surface area (Å²) in [6, 6.07) is 3.82. The molecule has 1 amide bonds. The number of likely N-dealkylation sites (N-methyl/N-ethyl adjacent to an activating group) is 1. The van der Waals surface area contributed by atoms with Gasteiger partial charge in [-0.1, -0.05) is 12.1 Å². The van der Waals surface area contributed by atoms with Gasteiger partial charge in [-0.15, -0.1) is 5.10 Å². The van der Waals surface area contributed by atoms with Gasteiger partial charge in [0.1, 0.15) is 5.76 Å². The summed E-state index contributed by atoms with van der Waals surface area (Å²) < 4.78 is 6.95. The molecule has 0 fully saturated rings. The molecule has 2 aromatic heterocycles. The second-order valence-corrected chi connectivity index (χ2v) is 4.29. The van der Waals surface area contributed by atoms with Crippen molar-refractivity contribution < 1.29 is 9.21 Å². The molecule has 0 aliphatic carbocycles. The van der Waals surface area contributed by atoms with Crippen LogP contribution in [0.1, 0.15) is 23.2 Å². The number of aromatic nitrogens is 3. The molecule has 8 nitrogen and oxygen atoms in total. The number of rotatable bonds is 7. The van der Waals surface area contributed by atoms with E-state index >= 15 is 0 Å². The normalized spacial score (nSPS) is 10.9. The topological polar surface area (TPSA) is 102 Å². The van der Waals surface area contributed by atoms with Crippen LogP contribution in [0.3, 0.4) is 0 Å². The zero-order chi connectivity index (χ0) is 14.4. The zero-order valence-electron chi connectivity index (χ0n) is 11.3. The molecular weight excluding hydrogens is 260 g/mol. The number of hydrogen-bond donors (Lipinski definition) is 2. The van der Waals surface area contributed by atoms with Gasteiger partial charge in [-0.25, -0.2) is 5.84 Å². The van der Waals surface area contributed by atoms with E-state index in [-0.39, 0.29) is 5.69 Å². The minimum absolute atomic E-state index is 0.210. The van der Waals surface area contributed by atoms with Gasteiger partial charge in [0.25, 0.3) is 5.91 Å². The number of nitrogen functional groups attached to an aromatic ring is 1. The molecule has 0 atom stereocenters. The van der Waals surface area contributed by atoms with Crippen molar-refractivity contribution in [2.45, 2.75) is 20.0 Å². The Kier molecular flexibility index (Phi) is 4.85. The van der Waals surface area contributed by atoms with E-state index in [9.17, 15) is 4.79 Å². The Balaban J connectivity index is 1.86. The highest BCUT2D eigenvalue weighted by molar-refractivity contribution is 5.91. The Bertz CT molecular complexity index is 536. The number of hydrazine groups is 1. The fourth-order valence-electron chi connectivity index (χ4n) is 1.80. The van der Waals surface area contributed by atoms with Crippen LogP contribution in [0, 0.1) is 0 Å². The highest BCUT2D eigenvalue weighted by atomic mass is 16.3. The Morgan fingerprint density at radius 2 is 2.45 bits per heavy atom. The molecule has 0 unspecified atom stereocenters. The van der Waals surface area contributed by atoms with E-state index in [4.69, 9.17) is 10.3 Å². The second kappa shape index (κ2) is 6.83. The van der Waals surface area contributed by atoms with Crippen molar-refractivity contribution in [2.75, 3.05) is 13.1 Å². The van der Waals surface area contributed by atoms with Gasteiger partial charge >= 0.3 is 0 Å². The number of furan rings is 1. The maximum Gasteiger partial charge on any atom is 0.287 e. The van der Waals surface area contributed by atoms with Gasteiger partial charge < -0.3 is 4.42 Å². The summed E-state index contributed by atoms with van der Waals surface area (Å²) in [7, 11) is 0. The van der Waals surface area contributed by atoms with Crippen LogP contribution >= 0.6 is 0 Å². The minimum atomic E-state index is -0.445. The Hall–Kier alpha value is -2.19. The molecular formula is C12H18N6O2. The lowest BCUT2D eigenvalue weighted by Gasteiger charge is -2.18. The number of carbonyl (C=O) groups is 1. The summed E-state index contributed by atoms with van der Waals surface area (Å²) in [4.78, 5) is 13.5. The van der Waals surface area contributed by atoms with Gasteiger partial charge in [-0.2, -0.15) is 0 Å². The average molecular weight is 278 g/mol. The third-order valence-corrected chi connectivity index (χ3v) is 2.95. The molecule has 0 bridgehead atoms. The van der Waals surface area contributed by atoms with Crippen LogP contribution in [-0.2, 0) is 13.1 Å². The van der Waals surface area contributed by atoms with Crippen LogP contribution < -0.4 is 11.3 Å². The number of nitrogens with zero attached hydrogens (tertiary/aromatic N) is 4. The first-order chi connectivity index (χ1) is 9.72. The van der Waals surface area contributed by atoms with E-state index in [1.165, 1.54) is 0 Å². The average Bonchev–Trinajstić information content (AvgIpc) is 3.13. The molecule has 108 valence electrons. The maximum atomic E-state index is 11.3. The van der Waals surface area contributed by atoms with E-state index in [2.05, 4.69) is 22.1 Å². The summed E-state index contributed by atoms with van der Waals surface area (Å²) in [5, 5.41) is 7.64. The molecule has 0 saturated heterocycles. The largest absolute Gasteiger partial charge is 0.468 e. The van der Waals surface area contributed by atoms with Crippen LogP contribution in [-0.4, -0.2) is 38.9 Å². The van der Waals surface area contributed by atoms with E-state index in [0.29, 0.717) is 6.54 Å². The number of nitrogens with one attached hydrogen (secondary N) is 1. The first-order valence-electron chi connectivity index (χ1n) is 6.38. The van der Waals surface area contributed by atoms with Crippen molar-refractivity contribution in [1.82, 2.24) is 25.3 Å². The van der Waals surface area contributed by atoms with Crippen molar-refractivity contribution in [1.29, 1.82) is 0 Å². The zero-order valence-corrected chi connectivity index (χ0v) is 11.3. The van der Waals surface area contributed by atoms with Gasteiger partial charge in [0.15, 0.2) is 5.69 Å². The van der Waals surface area contributed by atoms with E-state index in [0.717, 1.165) is 25.4 Å². The molecule has 0 saturated carbocycles. The summed E-state index contributed by atoms with van der Waals surface area (Å²) in [5.74, 6) is 5.52. The monoisotopic (exact) mass is 278 g/mol. The summed E-state index contributed by atoms with van der Waals surface area (Å²) in [6.45, 7) is 5.14. The Labute approximate surface area is 116 Å². The SMILES string of the molecule is CCN(CCn1cc(C(=O)NN)nn1)Cc1ccco1. The fraction of sp³-hybridized carbons (Fsp3) is 0.417. The van der Waals surface area contributed by atoms with Gasteiger partial charge in [-0.3, -0.25) is 19.8 Å². The minimum Gasteiger partial charge on any atom is -0.468 e. The first-order valence-corrected chi connectivity index (χ1v) is 6.38. The second-order valence-electron chi connectivity index (χ2n) is 4.29. The van der Waals surface area contributed by atoms with Crippen molar-refractivity contribution >= 4 is 5.91 Å². The van der Waals surface area contributed by atoms with Crippen molar-refractivity contribution in [3.05, 3.63) is 36.0 Å². The summed E-state index contributed by atoms with van der Waals surface area (Å²) in [5.41, 5.74) is 2.23. The number of amides is 1. The highest BCUT2D eigenvalue weighted by Gasteiger charge is 2.10. The molecule has 2 rings (SSSR count). The number of hydrogen-bond acceptors (Lipinski definition) is 6. The lowest BCUT2D eigenvalue weighted by molar-refractivity contribution is 0.0948. The molecule has 0 aromatic carbocycles. The van der Waals surface area contributed by atoms with Crippen molar-refractivity contribution in [2.24, 2.45) is 5.84 Å². The van der Waals surface area contributed by atoms with Crippen LogP contribution in [0.5, 0.6) is 0 Å². The summed E-state index contributed by atoms with van der Waals surface area (Å²) >= 11 is 0. The third kappa shape index (κ3) is 3.65. The molecule has 8 heteroatoms. The van der Waals surface area contributed by atoms with Crippen LogP contribution in [0.15, 0.2) is 29.0 Å². The first kappa shape index (κ1) is 14.2. The number of nitrogens with two attached hydrogens (primary N) is 1. The highest BCUT2D eigenvalue weighted by Crippen LogP contribution is 2.05. The molecule has 0 aliphatic rings. The predicted octanol–water partition coefficient (Wildman–Crippen LogP) is -0.00330. The molecule has 0 spiro atoms. The van der Waals surface area contributed by atoms with Crippen LogP contribution in [0.25, 0.3) is 0 Å². The quantitative estimate of drug-likeness (QED) is 0.420. The Morgan fingerprint density at radius 1 is 1.60 bits per heavy atom. The molecule has 2 heterocycles. The van der Waals surface area contributed by atoms with Crippen molar-refractivity contribution in [3.63, 3.8) is 0 Å². The predicted molar refractivity (Wildman–Crippen MR) is 71.3 cm³/mol. The number of carbonyl (C=O) groups excluding carboxylic acids is 1. The molecule has 20 heavy (non-hydrogen) atoms. The molecule has 0 aliphatic heterocycles. The van der Waals surface area contributed by atoms with Gasteiger partial charge in [0, 0.05) is 6.54 Å². The smallest absolute Gasteiger partial charge is 0.287 e. The lowest BCUT2D eigenvalue weighted by atomic mass is 10.4. The van der Waals surface area contributed by atoms with Crippen LogP contribution in [0.2, 0.25) is 0 Å². The fourth-order valence-corrected chi connectivity index (χ4v) is 1.80. The maximum absolute atomic E-state index is 11.3. The third-order valence-electron chi connectivity index (χ3n) is 2.95. The van der Waals surface area contributed by atoms with Crippen molar-refractivity contribution in [3.8, 4) is 0 Å². The van der Waals surface area contributed by atoms with Gasteiger partial charge in [0.2, 0.25) is 0 Å². The van der Waals surface area contributed by atoms with Gasteiger partial charge in [0.05, 0.1) is 25.5 Å². The standard InChI is InChI=1S/C12H18N6O2/c1-2-17(8-10-4-3-7-20-10)5-6-18-9-11(15-16-18)12(19)14-13/h3-4,7,9H,2,5-6,8,13H2,1H3,(H,14,19). The van der Waals surface area contributed by atoms with Gasteiger partial charge in [-0.05, 0) is 18.7 Å². The van der Waals surface area contributed by atoms with E-state index < -0.39 is 5.91 Å². The Morgan fingerprint density at radius 3 is 3.10 bits per heavy atom. The lowest BCUT2D eigenvalue weighted by Crippen LogP contribution is -2.30. The van der Waals surface area contributed by atoms with E-state index in [1.54, 1.807) is 17.1 Å². The molecule has 2 aromatic rings. The van der Waals surface area contributed by atoms with E-state index in [1.807, 2.05) is 17.6 Å². The summed E-state index contributed by atoms with van der Waals surface area (Å²) in [6.07, 6.45) is 3.24.